The van der Waals surface area contributed by atoms with E-state index in [1.165, 1.54) is 27.8 Å². The second-order valence-electron chi connectivity index (χ2n) is 8.35. The van der Waals surface area contributed by atoms with Crippen LogP contribution >= 0.6 is 0 Å². The number of aromatic hydroxyl groups is 1. The van der Waals surface area contributed by atoms with Crippen LogP contribution < -0.4 is 4.74 Å². The van der Waals surface area contributed by atoms with Gasteiger partial charge in [-0.2, -0.15) is 0 Å². The van der Waals surface area contributed by atoms with Crippen LogP contribution in [0.3, 0.4) is 0 Å². The highest BCUT2D eigenvalue weighted by Gasteiger charge is 2.22. The summed E-state index contributed by atoms with van der Waals surface area (Å²) >= 11 is 0. The number of para-hydroxylation sites is 1. The molecule has 4 rings (SSSR count). The Labute approximate surface area is 185 Å². The average Bonchev–Trinajstić information content (AvgIpc) is 2.76. The molecule has 0 unspecified atom stereocenters. The number of aryl methyl sites for hydroxylation is 2. The van der Waals surface area contributed by atoms with Crippen molar-refractivity contribution >= 4 is 11.1 Å². The van der Waals surface area contributed by atoms with Gasteiger partial charge in [0.15, 0.2) is 0 Å². The number of allylic oxidation sites excluding steroid dienone is 1. The molecular weight excluding hydrogens is 382 g/mol. The van der Waals surface area contributed by atoms with Gasteiger partial charge in [0.1, 0.15) is 18.1 Å². The van der Waals surface area contributed by atoms with E-state index in [4.69, 9.17) is 4.74 Å². The van der Waals surface area contributed by atoms with E-state index < -0.39 is 0 Å². The molecule has 3 aromatic rings. The normalized spacial score (nSPS) is 15.7. The Morgan fingerprint density at radius 3 is 2.29 bits per heavy atom. The minimum absolute atomic E-state index is 0.318. The number of hydrogen-bond acceptors (Lipinski definition) is 3. The van der Waals surface area contributed by atoms with E-state index in [2.05, 4.69) is 68.4 Å². The van der Waals surface area contributed by atoms with Crippen molar-refractivity contribution in [1.82, 2.24) is 4.90 Å². The largest absolute Gasteiger partial charge is 0.507 e. The number of nitrogens with zero attached hydrogens (tertiary/aromatic N) is 1. The molecule has 0 bridgehead atoms. The first-order valence-corrected chi connectivity index (χ1v) is 11.1. The molecule has 1 aliphatic rings. The summed E-state index contributed by atoms with van der Waals surface area (Å²) in [7, 11) is 4.11. The Balaban J connectivity index is 1.89. The molecule has 0 saturated carbocycles. The molecule has 0 heterocycles. The van der Waals surface area contributed by atoms with Crippen LogP contribution in [-0.2, 0) is 12.8 Å². The van der Waals surface area contributed by atoms with E-state index >= 15 is 0 Å². The summed E-state index contributed by atoms with van der Waals surface area (Å²) in [4.78, 5) is 2.12. The molecule has 0 fully saturated rings. The zero-order valence-electron chi connectivity index (χ0n) is 18.7. The lowest BCUT2D eigenvalue weighted by Crippen LogP contribution is -2.19. The highest BCUT2D eigenvalue weighted by atomic mass is 16.5. The minimum atomic E-state index is 0.318. The molecule has 3 aromatic carbocycles. The van der Waals surface area contributed by atoms with Crippen LogP contribution in [0, 0.1) is 0 Å². The van der Waals surface area contributed by atoms with E-state index in [9.17, 15) is 5.11 Å². The summed E-state index contributed by atoms with van der Waals surface area (Å²) in [6, 6.07) is 22.8. The van der Waals surface area contributed by atoms with Gasteiger partial charge in [-0.1, -0.05) is 55.5 Å². The number of ether oxygens (including phenoxy) is 1. The predicted octanol–water partition coefficient (Wildman–Crippen LogP) is 5.80. The molecule has 3 heteroatoms. The lowest BCUT2D eigenvalue weighted by molar-refractivity contribution is 0.261. The fourth-order valence-electron chi connectivity index (χ4n) is 4.42. The topological polar surface area (TPSA) is 32.7 Å². The third-order valence-corrected chi connectivity index (χ3v) is 5.99. The molecule has 0 saturated heterocycles. The van der Waals surface area contributed by atoms with E-state index in [1.807, 2.05) is 18.2 Å². The standard InChI is InChI=1S/C28H31NO2/c1-4-23-24-10-6-5-9-20(24)13-14-21-19-22(31-18-17-29(2)3)15-16-25(21)28(23)26-11-7-8-12-27(26)30/h5-12,15-16,19,30H,4,13-14,17-18H2,1-3H3/b28-23+. The zero-order valence-corrected chi connectivity index (χ0v) is 18.7. The highest BCUT2D eigenvalue weighted by Crippen LogP contribution is 2.42. The van der Waals surface area contributed by atoms with Crippen molar-refractivity contribution in [3.05, 3.63) is 94.5 Å². The summed E-state index contributed by atoms with van der Waals surface area (Å²) in [6.45, 7) is 3.75. The molecule has 1 N–H and O–H groups in total. The van der Waals surface area contributed by atoms with Gasteiger partial charge < -0.3 is 14.7 Å². The minimum Gasteiger partial charge on any atom is -0.507 e. The van der Waals surface area contributed by atoms with Crippen molar-refractivity contribution < 1.29 is 9.84 Å². The van der Waals surface area contributed by atoms with Gasteiger partial charge >= 0.3 is 0 Å². The number of fused-ring (bicyclic) bond motifs is 2. The number of phenols is 1. The summed E-state index contributed by atoms with van der Waals surface area (Å²) in [5.41, 5.74) is 8.39. The van der Waals surface area contributed by atoms with Crippen molar-refractivity contribution in [1.29, 1.82) is 0 Å². The van der Waals surface area contributed by atoms with Gasteiger partial charge in [-0.25, -0.2) is 0 Å². The fraction of sp³-hybridized carbons (Fsp3) is 0.286. The van der Waals surface area contributed by atoms with Gasteiger partial charge in [-0.15, -0.1) is 0 Å². The Morgan fingerprint density at radius 1 is 0.839 bits per heavy atom. The maximum Gasteiger partial charge on any atom is 0.123 e. The smallest absolute Gasteiger partial charge is 0.123 e. The van der Waals surface area contributed by atoms with Gasteiger partial charge in [-0.3, -0.25) is 0 Å². The van der Waals surface area contributed by atoms with Crippen LogP contribution in [0.1, 0.15) is 41.2 Å². The van der Waals surface area contributed by atoms with Gasteiger partial charge in [-0.05, 0) is 85.0 Å². The van der Waals surface area contributed by atoms with Gasteiger partial charge in [0.25, 0.3) is 0 Å². The number of likely N-dealkylation sites (N-methyl/N-ethyl adjacent to an activating group) is 1. The van der Waals surface area contributed by atoms with Crippen molar-refractivity contribution in [2.24, 2.45) is 0 Å². The van der Waals surface area contributed by atoms with Crippen molar-refractivity contribution in [2.75, 3.05) is 27.2 Å². The Hall–Kier alpha value is -3.04. The molecule has 160 valence electrons. The van der Waals surface area contributed by atoms with E-state index in [0.717, 1.165) is 42.7 Å². The van der Waals surface area contributed by atoms with Crippen LogP contribution in [0.5, 0.6) is 11.5 Å². The third kappa shape index (κ3) is 4.52. The highest BCUT2D eigenvalue weighted by molar-refractivity contribution is 6.01. The van der Waals surface area contributed by atoms with E-state index in [1.54, 1.807) is 6.07 Å². The van der Waals surface area contributed by atoms with Crippen molar-refractivity contribution in [2.45, 2.75) is 26.2 Å². The second kappa shape index (κ2) is 9.40. The maximum atomic E-state index is 10.8. The second-order valence-corrected chi connectivity index (χ2v) is 8.35. The number of benzene rings is 3. The Bertz CT molecular complexity index is 1100. The molecule has 3 nitrogen and oxygen atoms in total. The van der Waals surface area contributed by atoms with Crippen LogP contribution in [0.25, 0.3) is 11.1 Å². The summed E-state index contributed by atoms with van der Waals surface area (Å²) in [6.07, 6.45) is 2.81. The third-order valence-electron chi connectivity index (χ3n) is 5.99. The first-order valence-electron chi connectivity index (χ1n) is 11.1. The zero-order chi connectivity index (χ0) is 21.8. The first kappa shape index (κ1) is 21.2. The Kier molecular flexibility index (Phi) is 6.43. The fourth-order valence-corrected chi connectivity index (χ4v) is 4.42. The van der Waals surface area contributed by atoms with Crippen LogP contribution in [0.15, 0.2) is 66.7 Å². The average molecular weight is 414 g/mol. The first-order chi connectivity index (χ1) is 15.1. The number of hydrogen-bond donors (Lipinski definition) is 1. The Morgan fingerprint density at radius 2 is 1.55 bits per heavy atom. The molecule has 0 aromatic heterocycles. The summed E-state index contributed by atoms with van der Waals surface area (Å²) in [5.74, 6) is 1.22. The maximum absolute atomic E-state index is 10.8. The molecule has 0 radical (unpaired) electrons. The number of phenolic OH excluding ortho intramolecular Hbond substituents is 1. The molecule has 0 aliphatic heterocycles. The molecule has 0 amide bonds. The lowest BCUT2D eigenvalue weighted by Gasteiger charge is -2.24. The molecule has 1 aliphatic carbocycles. The lowest BCUT2D eigenvalue weighted by atomic mass is 9.80. The van der Waals surface area contributed by atoms with Crippen LogP contribution in [-0.4, -0.2) is 37.3 Å². The van der Waals surface area contributed by atoms with Crippen LogP contribution in [0.4, 0.5) is 0 Å². The van der Waals surface area contributed by atoms with Gasteiger partial charge in [0.2, 0.25) is 0 Å². The molecule has 0 atom stereocenters. The summed E-state index contributed by atoms with van der Waals surface area (Å²) < 4.78 is 6.04. The van der Waals surface area contributed by atoms with Gasteiger partial charge in [0.05, 0.1) is 0 Å². The SMILES string of the molecule is CC/C1=C(\c2ccccc2O)c2ccc(OCCN(C)C)cc2CCc2ccccc21. The summed E-state index contributed by atoms with van der Waals surface area (Å²) in [5, 5.41) is 10.8. The predicted molar refractivity (Wildman–Crippen MR) is 129 cm³/mol. The van der Waals surface area contributed by atoms with Crippen LogP contribution in [0.2, 0.25) is 0 Å². The monoisotopic (exact) mass is 413 g/mol. The van der Waals surface area contributed by atoms with Gasteiger partial charge in [0, 0.05) is 12.1 Å². The quantitative estimate of drug-likeness (QED) is 0.554. The van der Waals surface area contributed by atoms with E-state index in [0.29, 0.717) is 12.4 Å². The van der Waals surface area contributed by atoms with E-state index in [-0.39, 0.29) is 0 Å². The molecular formula is C28H31NO2. The molecule has 31 heavy (non-hydrogen) atoms. The molecule has 0 spiro atoms. The number of rotatable bonds is 6. The van der Waals surface area contributed by atoms with Crippen molar-refractivity contribution in [3.63, 3.8) is 0 Å². The van der Waals surface area contributed by atoms with Crippen molar-refractivity contribution in [3.8, 4) is 11.5 Å².